The van der Waals surface area contributed by atoms with Crippen LogP contribution in [0.3, 0.4) is 0 Å². The highest BCUT2D eigenvalue weighted by Gasteiger charge is 2.16. The molecule has 0 heterocycles. The van der Waals surface area contributed by atoms with E-state index in [9.17, 15) is 9.90 Å². The maximum Gasteiger partial charge on any atom is 0.258 e. The Morgan fingerprint density at radius 1 is 1.30 bits per heavy atom. The number of hydrogen-bond acceptors (Lipinski definition) is 4. The van der Waals surface area contributed by atoms with Gasteiger partial charge in [0, 0.05) is 19.8 Å². The van der Waals surface area contributed by atoms with Crippen molar-refractivity contribution in [1.82, 2.24) is 5.32 Å². The Morgan fingerprint density at radius 2 is 2.05 bits per heavy atom. The van der Waals surface area contributed by atoms with Gasteiger partial charge in [-0.3, -0.25) is 4.79 Å². The second-order valence-corrected chi connectivity index (χ2v) is 4.43. The maximum absolute atomic E-state index is 12.0. The predicted octanol–water partition coefficient (Wildman–Crippen LogP) is 2.34. The first-order valence-electron chi connectivity index (χ1n) is 6.92. The molecule has 20 heavy (non-hydrogen) atoms. The van der Waals surface area contributed by atoms with Crippen molar-refractivity contribution in [3.63, 3.8) is 0 Å². The number of carbonyl (C=O) groups excluding carboxylic acids is 1. The number of unbranched alkanes of at least 4 members (excludes halogenated alkanes) is 1. The van der Waals surface area contributed by atoms with E-state index in [0.29, 0.717) is 18.9 Å². The standard InChI is InChI=1S/C15H23NO4/c1-3-4-10-20-11-6-9-16-15(18)14-12(17)7-5-8-13(14)19-2/h5,7-8,17H,3-4,6,9-11H2,1-2H3,(H,16,18). The minimum atomic E-state index is -0.339. The van der Waals surface area contributed by atoms with Crippen LogP contribution in [0.2, 0.25) is 0 Å². The average Bonchev–Trinajstić information content (AvgIpc) is 2.45. The smallest absolute Gasteiger partial charge is 0.258 e. The van der Waals surface area contributed by atoms with Crippen molar-refractivity contribution in [2.45, 2.75) is 26.2 Å². The lowest BCUT2D eigenvalue weighted by Gasteiger charge is -2.10. The van der Waals surface area contributed by atoms with Gasteiger partial charge in [0.1, 0.15) is 17.1 Å². The number of phenols is 1. The van der Waals surface area contributed by atoms with Crippen molar-refractivity contribution < 1.29 is 19.4 Å². The number of benzene rings is 1. The van der Waals surface area contributed by atoms with E-state index in [1.54, 1.807) is 12.1 Å². The lowest BCUT2D eigenvalue weighted by molar-refractivity contribution is 0.0935. The van der Waals surface area contributed by atoms with Crippen LogP contribution in [0.5, 0.6) is 11.5 Å². The van der Waals surface area contributed by atoms with Crippen molar-refractivity contribution >= 4 is 5.91 Å². The summed E-state index contributed by atoms with van der Waals surface area (Å²) >= 11 is 0. The van der Waals surface area contributed by atoms with Crippen molar-refractivity contribution in [2.24, 2.45) is 0 Å². The maximum atomic E-state index is 12.0. The van der Waals surface area contributed by atoms with Gasteiger partial charge in [0.05, 0.1) is 7.11 Å². The van der Waals surface area contributed by atoms with Gasteiger partial charge in [-0.1, -0.05) is 19.4 Å². The summed E-state index contributed by atoms with van der Waals surface area (Å²) in [5.74, 6) is -0.0590. The van der Waals surface area contributed by atoms with E-state index in [2.05, 4.69) is 12.2 Å². The molecule has 112 valence electrons. The van der Waals surface area contributed by atoms with Gasteiger partial charge in [-0.25, -0.2) is 0 Å². The summed E-state index contributed by atoms with van der Waals surface area (Å²) in [6.45, 7) is 4.00. The summed E-state index contributed by atoms with van der Waals surface area (Å²) < 4.78 is 10.5. The van der Waals surface area contributed by atoms with E-state index < -0.39 is 0 Å². The zero-order valence-corrected chi connectivity index (χ0v) is 12.1. The van der Waals surface area contributed by atoms with Gasteiger partial charge in [-0.15, -0.1) is 0 Å². The molecule has 0 unspecified atom stereocenters. The molecule has 0 bridgehead atoms. The topological polar surface area (TPSA) is 67.8 Å². The van der Waals surface area contributed by atoms with Crippen LogP contribution in [0.25, 0.3) is 0 Å². The first kappa shape index (κ1) is 16.3. The van der Waals surface area contributed by atoms with Crippen molar-refractivity contribution in [3.05, 3.63) is 23.8 Å². The number of amides is 1. The molecule has 0 aliphatic rings. The zero-order chi connectivity index (χ0) is 14.8. The number of rotatable bonds is 9. The third kappa shape index (κ3) is 5.09. The molecular weight excluding hydrogens is 258 g/mol. The van der Waals surface area contributed by atoms with Gasteiger partial charge in [0.15, 0.2) is 0 Å². The molecular formula is C15H23NO4. The second-order valence-electron chi connectivity index (χ2n) is 4.43. The minimum Gasteiger partial charge on any atom is -0.507 e. The summed E-state index contributed by atoms with van der Waals surface area (Å²) in [7, 11) is 1.47. The predicted molar refractivity (Wildman–Crippen MR) is 77.3 cm³/mol. The van der Waals surface area contributed by atoms with Gasteiger partial charge in [0.2, 0.25) is 0 Å². The minimum absolute atomic E-state index is 0.0824. The first-order valence-corrected chi connectivity index (χ1v) is 6.92. The van der Waals surface area contributed by atoms with E-state index >= 15 is 0 Å². The molecule has 0 radical (unpaired) electrons. The number of hydrogen-bond donors (Lipinski definition) is 2. The van der Waals surface area contributed by atoms with Crippen molar-refractivity contribution in [2.75, 3.05) is 26.9 Å². The summed E-state index contributed by atoms with van der Waals surface area (Å²) in [5, 5.41) is 12.5. The molecule has 0 saturated heterocycles. The fraction of sp³-hybridized carbons (Fsp3) is 0.533. The van der Waals surface area contributed by atoms with Crippen LogP contribution in [0.15, 0.2) is 18.2 Å². The molecule has 0 aliphatic heterocycles. The van der Waals surface area contributed by atoms with Crippen LogP contribution in [0, 0.1) is 0 Å². The number of phenolic OH excluding ortho intramolecular Hbond substituents is 1. The normalized spacial score (nSPS) is 10.3. The molecule has 0 fully saturated rings. The quantitative estimate of drug-likeness (QED) is 0.682. The fourth-order valence-corrected chi connectivity index (χ4v) is 1.73. The van der Waals surface area contributed by atoms with Crippen LogP contribution >= 0.6 is 0 Å². The number of ether oxygens (including phenoxy) is 2. The van der Waals surface area contributed by atoms with Crippen LogP contribution in [0.4, 0.5) is 0 Å². The molecule has 1 amide bonds. The number of methoxy groups -OCH3 is 1. The van der Waals surface area contributed by atoms with E-state index in [-0.39, 0.29) is 17.2 Å². The Labute approximate surface area is 119 Å². The molecule has 2 N–H and O–H groups in total. The molecule has 1 aromatic rings. The molecule has 0 aliphatic carbocycles. The number of nitrogens with one attached hydrogen (secondary N) is 1. The molecule has 0 atom stereocenters. The van der Waals surface area contributed by atoms with E-state index in [1.807, 2.05) is 0 Å². The Morgan fingerprint density at radius 3 is 2.75 bits per heavy atom. The fourth-order valence-electron chi connectivity index (χ4n) is 1.73. The van der Waals surface area contributed by atoms with Crippen LogP contribution in [-0.2, 0) is 4.74 Å². The van der Waals surface area contributed by atoms with Crippen LogP contribution in [0.1, 0.15) is 36.5 Å². The van der Waals surface area contributed by atoms with Gasteiger partial charge < -0.3 is 19.9 Å². The Kier molecular flexibility index (Phi) is 7.50. The van der Waals surface area contributed by atoms with E-state index in [4.69, 9.17) is 9.47 Å². The van der Waals surface area contributed by atoms with Gasteiger partial charge in [0.25, 0.3) is 5.91 Å². The third-order valence-electron chi connectivity index (χ3n) is 2.84. The molecule has 1 aromatic carbocycles. The molecule has 0 spiro atoms. The second kappa shape index (κ2) is 9.20. The van der Waals surface area contributed by atoms with Gasteiger partial charge >= 0.3 is 0 Å². The molecule has 1 rings (SSSR count). The zero-order valence-electron chi connectivity index (χ0n) is 12.1. The average molecular weight is 281 g/mol. The molecule has 0 aromatic heterocycles. The Bertz CT molecular complexity index is 420. The van der Waals surface area contributed by atoms with Crippen molar-refractivity contribution in [1.29, 1.82) is 0 Å². The summed E-state index contributed by atoms with van der Waals surface area (Å²) in [4.78, 5) is 12.0. The lowest BCUT2D eigenvalue weighted by atomic mass is 10.1. The summed E-state index contributed by atoms with van der Waals surface area (Å²) in [6, 6.07) is 4.74. The first-order chi connectivity index (χ1) is 9.70. The Hall–Kier alpha value is -1.75. The number of aromatic hydroxyl groups is 1. The van der Waals surface area contributed by atoms with Crippen LogP contribution < -0.4 is 10.1 Å². The summed E-state index contributed by atoms with van der Waals surface area (Å²) in [5.41, 5.74) is 0.168. The Balaban J connectivity index is 2.36. The molecule has 0 saturated carbocycles. The largest absolute Gasteiger partial charge is 0.507 e. The van der Waals surface area contributed by atoms with Gasteiger partial charge in [-0.2, -0.15) is 0 Å². The number of carbonyl (C=O) groups is 1. The monoisotopic (exact) mass is 281 g/mol. The highest BCUT2D eigenvalue weighted by Crippen LogP contribution is 2.26. The van der Waals surface area contributed by atoms with E-state index in [1.165, 1.54) is 13.2 Å². The SMILES string of the molecule is CCCCOCCCNC(=O)c1c(O)cccc1OC. The lowest BCUT2D eigenvalue weighted by Crippen LogP contribution is -2.25. The van der Waals surface area contributed by atoms with E-state index in [0.717, 1.165) is 25.9 Å². The third-order valence-corrected chi connectivity index (χ3v) is 2.84. The molecule has 5 heteroatoms. The highest BCUT2D eigenvalue weighted by molar-refractivity contribution is 5.99. The molecule has 5 nitrogen and oxygen atoms in total. The van der Waals surface area contributed by atoms with Gasteiger partial charge in [-0.05, 0) is 25.0 Å². The van der Waals surface area contributed by atoms with Crippen LogP contribution in [-0.4, -0.2) is 37.9 Å². The highest BCUT2D eigenvalue weighted by atomic mass is 16.5. The van der Waals surface area contributed by atoms with Crippen molar-refractivity contribution in [3.8, 4) is 11.5 Å². The summed E-state index contributed by atoms with van der Waals surface area (Å²) in [6.07, 6.45) is 2.91.